The smallest absolute Gasteiger partial charge is 0.223 e. The second-order valence-corrected chi connectivity index (χ2v) is 5.42. The molecule has 1 aliphatic heterocycles. The lowest BCUT2D eigenvalue weighted by Crippen LogP contribution is -2.49. The summed E-state index contributed by atoms with van der Waals surface area (Å²) >= 11 is 0. The Balaban J connectivity index is 0.00000220. The standard InChI is InChI=1S/C16H24N2O2.ClH/c1-3-8-20-15-6-4-13(5-7-15)9-18-16(19)12(2)14-10-17-11-14;/h4-7,12,14,17H,3,8-11H2,1-2H3,(H,18,19);1H. The average molecular weight is 313 g/mol. The zero-order chi connectivity index (χ0) is 14.4. The predicted molar refractivity (Wildman–Crippen MR) is 86.8 cm³/mol. The number of hydrogen-bond donors (Lipinski definition) is 2. The number of rotatable bonds is 7. The molecule has 2 N–H and O–H groups in total. The molecular formula is C16H25ClN2O2. The molecule has 1 fully saturated rings. The third kappa shape index (κ3) is 5.21. The van der Waals surface area contributed by atoms with Crippen LogP contribution in [0.5, 0.6) is 5.75 Å². The molecule has 5 heteroatoms. The van der Waals surface area contributed by atoms with Gasteiger partial charge in [-0.1, -0.05) is 26.0 Å². The van der Waals surface area contributed by atoms with E-state index >= 15 is 0 Å². The largest absolute Gasteiger partial charge is 0.494 e. The molecule has 2 rings (SSSR count). The van der Waals surface area contributed by atoms with Crippen LogP contribution < -0.4 is 15.4 Å². The predicted octanol–water partition coefficient (Wildman–Crippen LogP) is 2.37. The van der Waals surface area contributed by atoms with Crippen molar-refractivity contribution in [3.8, 4) is 5.75 Å². The molecule has 0 spiro atoms. The number of benzene rings is 1. The van der Waals surface area contributed by atoms with E-state index in [1.165, 1.54) is 0 Å². The fourth-order valence-corrected chi connectivity index (χ4v) is 2.15. The highest BCUT2D eigenvalue weighted by atomic mass is 35.5. The van der Waals surface area contributed by atoms with Gasteiger partial charge in [-0.05, 0) is 43.1 Å². The van der Waals surface area contributed by atoms with Crippen LogP contribution in [0.15, 0.2) is 24.3 Å². The Morgan fingerprint density at radius 3 is 2.57 bits per heavy atom. The monoisotopic (exact) mass is 312 g/mol. The summed E-state index contributed by atoms with van der Waals surface area (Å²) in [5.74, 6) is 1.60. The van der Waals surface area contributed by atoms with Crippen LogP contribution in [0.3, 0.4) is 0 Å². The van der Waals surface area contributed by atoms with Crippen LogP contribution in [0, 0.1) is 11.8 Å². The molecule has 4 nitrogen and oxygen atoms in total. The molecule has 1 aliphatic rings. The van der Waals surface area contributed by atoms with Gasteiger partial charge in [0, 0.05) is 12.5 Å². The minimum absolute atomic E-state index is 0. The van der Waals surface area contributed by atoms with Gasteiger partial charge in [0.25, 0.3) is 0 Å². The van der Waals surface area contributed by atoms with E-state index in [1.54, 1.807) is 0 Å². The lowest BCUT2D eigenvalue weighted by molar-refractivity contribution is -0.126. The molecule has 1 heterocycles. The summed E-state index contributed by atoms with van der Waals surface area (Å²) < 4.78 is 5.53. The maximum absolute atomic E-state index is 12.0. The van der Waals surface area contributed by atoms with Gasteiger partial charge >= 0.3 is 0 Å². The normalized spacial score (nSPS) is 15.5. The molecule has 0 aliphatic carbocycles. The van der Waals surface area contributed by atoms with Gasteiger partial charge in [0.2, 0.25) is 5.91 Å². The third-order valence-electron chi connectivity index (χ3n) is 3.80. The Bertz CT molecular complexity index is 432. The van der Waals surface area contributed by atoms with E-state index < -0.39 is 0 Å². The van der Waals surface area contributed by atoms with Gasteiger partial charge in [-0.2, -0.15) is 0 Å². The van der Waals surface area contributed by atoms with Crippen molar-refractivity contribution in [2.24, 2.45) is 11.8 Å². The summed E-state index contributed by atoms with van der Waals surface area (Å²) in [6.45, 7) is 7.32. The van der Waals surface area contributed by atoms with Crippen LogP contribution >= 0.6 is 12.4 Å². The van der Waals surface area contributed by atoms with E-state index in [1.807, 2.05) is 31.2 Å². The van der Waals surface area contributed by atoms with Gasteiger partial charge < -0.3 is 15.4 Å². The number of amides is 1. The van der Waals surface area contributed by atoms with E-state index in [0.29, 0.717) is 12.5 Å². The van der Waals surface area contributed by atoms with Crippen molar-refractivity contribution < 1.29 is 9.53 Å². The molecule has 118 valence electrons. The summed E-state index contributed by atoms with van der Waals surface area (Å²) in [5, 5.41) is 6.20. The summed E-state index contributed by atoms with van der Waals surface area (Å²) in [6, 6.07) is 7.91. The fraction of sp³-hybridized carbons (Fsp3) is 0.562. The van der Waals surface area contributed by atoms with E-state index in [4.69, 9.17) is 4.74 Å². The van der Waals surface area contributed by atoms with E-state index in [2.05, 4.69) is 17.6 Å². The van der Waals surface area contributed by atoms with Crippen molar-refractivity contribution in [1.29, 1.82) is 0 Å². The molecular weight excluding hydrogens is 288 g/mol. The van der Waals surface area contributed by atoms with Crippen molar-refractivity contribution >= 4 is 18.3 Å². The van der Waals surface area contributed by atoms with E-state index in [-0.39, 0.29) is 24.2 Å². The lowest BCUT2D eigenvalue weighted by Gasteiger charge is -2.31. The molecule has 21 heavy (non-hydrogen) atoms. The first-order chi connectivity index (χ1) is 9.70. The number of carbonyl (C=O) groups excluding carboxylic acids is 1. The lowest BCUT2D eigenvalue weighted by atomic mass is 9.88. The number of carbonyl (C=O) groups is 1. The van der Waals surface area contributed by atoms with Crippen molar-refractivity contribution in [2.45, 2.75) is 26.8 Å². The Morgan fingerprint density at radius 1 is 1.38 bits per heavy atom. The van der Waals surface area contributed by atoms with Crippen molar-refractivity contribution in [2.75, 3.05) is 19.7 Å². The fourth-order valence-electron chi connectivity index (χ4n) is 2.15. The van der Waals surface area contributed by atoms with Gasteiger partial charge in [0.1, 0.15) is 5.75 Å². The van der Waals surface area contributed by atoms with Crippen LogP contribution in [0.4, 0.5) is 0 Å². The molecule has 0 radical (unpaired) electrons. The van der Waals surface area contributed by atoms with Gasteiger partial charge in [-0.15, -0.1) is 12.4 Å². The first-order valence-electron chi connectivity index (χ1n) is 7.41. The van der Waals surface area contributed by atoms with Gasteiger partial charge in [-0.3, -0.25) is 4.79 Å². The van der Waals surface area contributed by atoms with Gasteiger partial charge in [-0.25, -0.2) is 0 Å². The number of hydrogen-bond acceptors (Lipinski definition) is 3. The Kier molecular flexibility index (Phi) is 7.54. The van der Waals surface area contributed by atoms with Gasteiger partial charge in [0.15, 0.2) is 0 Å². The molecule has 0 saturated carbocycles. The summed E-state index contributed by atoms with van der Waals surface area (Å²) in [4.78, 5) is 12.0. The van der Waals surface area contributed by atoms with Crippen LogP contribution in [-0.4, -0.2) is 25.6 Å². The van der Waals surface area contributed by atoms with E-state index in [9.17, 15) is 4.79 Å². The highest BCUT2D eigenvalue weighted by molar-refractivity contribution is 5.85. The molecule has 0 bridgehead atoms. The molecule has 1 aromatic carbocycles. The molecule has 1 saturated heterocycles. The maximum atomic E-state index is 12.0. The van der Waals surface area contributed by atoms with Crippen LogP contribution in [-0.2, 0) is 11.3 Å². The minimum Gasteiger partial charge on any atom is -0.494 e. The van der Waals surface area contributed by atoms with E-state index in [0.717, 1.165) is 37.4 Å². The van der Waals surface area contributed by atoms with Crippen molar-refractivity contribution in [1.82, 2.24) is 10.6 Å². The second kappa shape index (κ2) is 8.90. The van der Waals surface area contributed by atoms with Crippen LogP contribution in [0.2, 0.25) is 0 Å². The SMILES string of the molecule is CCCOc1ccc(CNC(=O)C(C)C2CNC2)cc1.Cl. The third-order valence-corrected chi connectivity index (χ3v) is 3.80. The summed E-state index contributed by atoms with van der Waals surface area (Å²) in [7, 11) is 0. The first-order valence-corrected chi connectivity index (χ1v) is 7.41. The van der Waals surface area contributed by atoms with Crippen molar-refractivity contribution in [3.63, 3.8) is 0 Å². The molecule has 1 atom stereocenters. The van der Waals surface area contributed by atoms with Crippen LogP contribution in [0.1, 0.15) is 25.8 Å². The van der Waals surface area contributed by atoms with Crippen LogP contribution in [0.25, 0.3) is 0 Å². The zero-order valence-electron chi connectivity index (χ0n) is 12.7. The first kappa shape index (κ1) is 17.8. The quantitative estimate of drug-likeness (QED) is 0.812. The summed E-state index contributed by atoms with van der Waals surface area (Å²) in [6.07, 6.45) is 1.01. The highest BCUT2D eigenvalue weighted by Gasteiger charge is 2.28. The Morgan fingerprint density at radius 2 is 2.05 bits per heavy atom. The Hall–Kier alpha value is -1.26. The second-order valence-electron chi connectivity index (χ2n) is 5.42. The topological polar surface area (TPSA) is 50.4 Å². The van der Waals surface area contributed by atoms with Crippen molar-refractivity contribution in [3.05, 3.63) is 29.8 Å². The number of nitrogens with one attached hydrogen (secondary N) is 2. The minimum atomic E-state index is 0. The number of halogens is 1. The highest BCUT2D eigenvalue weighted by Crippen LogP contribution is 2.16. The maximum Gasteiger partial charge on any atom is 0.223 e. The zero-order valence-corrected chi connectivity index (χ0v) is 13.5. The molecule has 0 aromatic heterocycles. The van der Waals surface area contributed by atoms with Gasteiger partial charge in [0.05, 0.1) is 6.61 Å². The molecule has 1 amide bonds. The number of ether oxygens (including phenoxy) is 1. The molecule has 1 unspecified atom stereocenters. The Labute approximate surface area is 133 Å². The summed E-state index contributed by atoms with van der Waals surface area (Å²) in [5.41, 5.74) is 1.10. The average Bonchev–Trinajstić information content (AvgIpc) is 2.41. The molecule has 1 aromatic rings.